The van der Waals surface area contributed by atoms with Crippen molar-refractivity contribution in [3.63, 3.8) is 0 Å². The van der Waals surface area contributed by atoms with Crippen LogP contribution in [0.1, 0.15) is 4.88 Å². The minimum absolute atomic E-state index is 0.0144. The molecule has 0 atom stereocenters. The average molecular weight is 335 g/mol. The number of nitrogens with one attached hydrogen (secondary N) is 2. The fourth-order valence-corrected chi connectivity index (χ4v) is 4.27. The van der Waals surface area contributed by atoms with Crippen LogP contribution in [0, 0.1) is 5.82 Å². The molecule has 1 aromatic carbocycles. The summed E-state index contributed by atoms with van der Waals surface area (Å²) in [7, 11) is -2.07. The molecule has 8 heteroatoms. The number of hydrogen-bond acceptors (Lipinski definition) is 4. The molecule has 1 aromatic heterocycles. The Kier molecular flexibility index (Phi) is 4.64. The van der Waals surface area contributed by atoms with Gasteiger partial charge < -0.3 is 5.32 Å². The molecule has 0 aliphatic rings. The molecule has 2 rings (SSSR count). The van der Waals surface area contributed by atoms with Crippen molar-refractivity contribution in [1.29, 1.82) is 0 Å². The van der Waals surface area contributed by atoms with Crippen LogP contribution in [0.2, 0.25) is 5.02 Å². The first-order valence-corrected chi connectivity index (χ1v) is 8.32. The summed E-state index contributed by atoms with van der Waals surface area (Å²) >= 11 is 6.92. The number of thiophene rings is 1. The SMILES string of the molecule is CNCc1ccc(S(=O)(=O)Nc2c(F)cccc2Cl)s1. The van der Waals surface area contributed by atoms with Crippen molar-refractivity contribution < 1.29 is 12.8 Å². The van der Waals surface area contributed by atoms with Crippen molar-refractivity contribution in [2.75, 3.05) is 11.8 Å². The topological polar surface area (TPSA) is 58.2 Å². The quantitative estimate of drug-likeness (QED) is 0.883. The van der Waals surface area contributed by atoms with Crippen LogP contribution in [0.3, 0.4) is 0 Å². The van der Waals surface area contributed by atoms with Gasteiger partial charge in [0.25, 0.3) is 10.0 Å². The Morgan fingerprint density at radius 2 is 2.05 bits per heavy atom. The van der Waals surface area contributed by atoms with E-state index in [1.54, 1.807) is 13.1 Å². The standard InChI is InChI=1S/C12H12ClFN2O2S2/c1-15-7-8-5-6-11(19-8)20(17,18)16-12-9(13)3-2-4-10(12)14/h2-6,15-16H,7H2,1H3. The smallest absolute Gasteiger partial charge is 0.271 e. The lowest BCUT2D eigenvalue weighted by atomic mass is 10.3. The van der Waals surface area contributed by atoms with E-state index in [1.165, 1.54) is 18.2 Å². The van der Waals surface area contributed by atoms with Crippen LogP contribution < -0.4 is 10.0 Å². The van der Waals surface area contributed by atoms with Crippen molar-refractivity contribution in [2.24, 2.45) is 0 Å². The van der Waals surface area contributed by atoms with Gasteiger partial charge in [0.2, 0.25) is 0 Å². The van der Waals surface area contributed by atoms with Crippen molar-refractivity contribution >= 4 is 38.6 Å². The number of rotatable bonds is 5. The van der Waals surface area contributed by atoms with E-state index in [1.807, 2.05) is 0 Å². The molecule has 2 N–H and O–H groups in total. The summed E-state index contributed by atoms with van der Waals surface area (Å²) in [5, 5.41) is 2.95. The molecule has 0 aliphatic heterocycles. The fraction of sp³-hybridized carbons (Fsp3) is 0.167. The van der Waals surface area contributed by atoms with Gasteiger partial charge in [0.05, 0.1) is 5.02 Å². The number of benzene rings is 1. The van der Waals surface area contributed by atoms with Gasteiger partial charge in [-0.2, -0.15) is 0 Å². The van der Waals surface area contributed by atoms with Gasteiger partial charge in [-0.05, 0) is 31.3 Å². The molecule has 0 amide bonds. The van der Waals surface area contributed by atoms with Crippen LogP contribution in [0.4, 0.5) is 10.1 Å². The van der Waals surface area contributed by atoms with Gasteiger partial charge in [-0.3, -0.25) is 4.72 Å². The number of anilines is 1. The summed E-state index contributed by atoms with van der Waals surface area (Å²) in [6.07, 6.45) is 0. The second-order valence-electron chi connectivity index (χ2n) is 3.95. The van der Waals surface area contributed by atoms with E-state index in [0.29, 0.717) is 6.54 Å². The van der Waals surface area contributed by atoms with E-state index in [2.05, 4.69) is 10.0 Å². The molecular weight excluding hydrogens is 323 g/mol. The molecule has 0 radical (unpaired) electrons. The molecule has 0 saturated carbocycles. The first-order valence-electron chi connectivity index (χ1n) is 5.64. The van der Waals surface area contributed by atoms with Crippen LogP contribution in [-0.4, -0.2) is 15.5 Å². The van der Waals surface area contributed by atoms with E-state index in [0.717, 1.165) is 22.3 Å². The van der Waals surface area contributed by atoms with Crippen molar-refractivity contribution in [3.05, 3.63) is 46.0 Å². The van der Waals surface area contributed by atoms with E-state index < -0.39 is 15.8 Å². The van der Waals surface area contributed by atoms with E-state index in [9.17, 15) is 12.8 Å². The maximum absolute atomic E-state index is 13.6. The van der Waals surface area contributed by atoms with Gasteiger partial charge in [-0.25, -0.2) is 12.8 Å². The zero-order valence-electron chi connectivity index (χ0n) is 10.5. The van der Waals surface area contributed by atoms with Gasteiger partial charge in [-0.1, -0.05) is 17.7 Å². The number of para-hydroxylation sites is 1. The summed E-state index contributed by atoms with van der Waals surface area (Å²) in [6, 6.07) is 7.16. The normalized spacial score (nSPS) is 11.6. The van der Waals surface area contributed by atoms with Crippen LogP contribution >= 0.6 is 22.9 Å². The summed E-state index contributed by atoms with van der Waals surface area (Å²) in [4.78, 5) is 0.868. The van der Waals surface area contributed by atoms with Crippen LogP contribution in [0.15, 0.2) is 34.5 Å². The molecule has 2 aromatic rings. The Morgan fingerprint density at radius 3 is 2.70 bits per heavy atom. The predicted octanol–water partition coefficient (Wildman–Crippen LogP) is 3.06. The highest BCUT2D eigenvalue weighted by Crippen LogP contribution is 2.29. The monoisotopic (exact) mass is 334 g/mol. The summed E-state index contributed by atoms with van der Waals surface area (Å²) in [5.74, 6) is -0.715. The Labute approximate surface area is 125 Å². The first kappa shape index (κ1) is 15.2. The second-order valence-corrected chi connectivity index (χ2v) is 7.44. The molecule has 20 heavy (non-hydrogen) atoms. The van der Waals surface area contributed by atoms with Gasteiger partial charge in [-0.15, -0.1) is 11.3 Å². The molecule has 108 valence electrons. The lowest BCUT2D eigenvalue weighted by Gasteiger charge is -2.08. The Hall–Kier alpha value is -1.15. The number of hydrogen-bond donors (Lipinski definition) is 2. The minimum atomic E-state index is -3.84. The molecule has 0 saturated heterocycles. The lowest BCUT2D eigenvalue weighted by Crippen LogP contribution is -2.13. The van der Waals surface area contributed by atoms with Gasteiger partial charge in [0, 0.05) is 11.4 Å². The zero-order valence-corrected chi connectivity index (χ0v) is 12.9. The van der Waals surface area contributed by atoms with Crippen molar-refractivity contribution in [3.8, 4) is 0 Å². The highest BCUT2D eigenvalue weighted by Gasteiger charge is 2.20. The van der Waals surface area contributed by atoms with Crippen molar-refractivity contribution in [2.45, 2.75) is 10.8 Å². The molecule has 0 bridgehead atoms. The number of halogens is 2. The Balaban J connectivity index is 2.31. The summed E-state index contributed by atoms with van der Waals surface area (Å²) in [6.45, 7) is 0.570. The highest BCUT2D eigenvalue weighted by atomic mass is 35.5. The van der Waals surface area contributed by atoms with Gasteiger partial charge >= 0.3 is 0 Å². The molecule has 0 aliphatic carbocycles. The van der Waals surface area contributed by atoms with Crippen LogP contribution in [-0.2, 0) is 16.6 Å². The third kappa shape index (κ3) is 3.29. The van der Waals surface area contributed by atoms with E-state index in [-0.39, 0.29) is 14.9 Å². The predicted molar refractivity (Wildman–Crippen MR) is 79.3 cm³/mol. The highest BCUT2D eigenvalue weighted by molar-refractivity contribution is 7.94. The molecule has 1 heterocycles. The summed E-state index contributed by atoms with van der Waals surface area (Å²) < 4.78 is 40.3. The van der Waals surface area contributed by atoms with E-state index >= 15 is 0 Å². The van der Waals surface area contributed by atoms with Crippen LogP contribution in [0.25, 0.3) is 0 Å². The third-order valence-corrected chi connectivity index (χ3v) is 5.69. The minimum Gasteiger partial charge on any atom is -0.315 e. The Bertz CT molecular complexity index is 696. The maximum atomic E-state index is 13.6. The molecule has 0 spiro atoms. The maximum Gasteiger partial charge on any atom is 0.271 e. The Morgan fingerprint density at radius 1 is 1.30 bits per heavy atom. The fourth-order valence-electron chi connectivity index (χ4n) is 1.55. The lowest BCUT2D eigenvalue weighted by molar-refractivity contribution is 0.600. The van der Waals surface area contributed by atoms with Gasteiger partial charge in [0.15, 0.2) is 0 Å². The van der Waals surface area contributed by atoms with Crippen molar-refractivity contribution in [1.82, 2.24) is 5.32 Å². The zero-order chi connectivity index (χ0) is 14.8. The van der Waals surface area contributed by atoms with E-state index in [4.69, 9.17) is 11.6 Å². The largest absolute Gasteiger partial charge is 0.315 e. The third-order valence-electron chi connectivity index (χ3n) is 2.45. The second kappa shape index (κ2) is 6.09. The molecular formula is C12H12ClFN2O2S2. The average Bonchev–Trinajstić information content (AvgIpc) is 2.84. The van der Waals surface area contributed by atoms with Gasteiger partial charge in [0.1, 0.15) is 15.7 Å². The molecule has 4 nitrogen and oxygen atoms in total. The summed E-state index contributed by atoms with van der Waals surface area (Å²) in [5.41, 5.74) is -0.238. The molecule has 0 unspecified atom stereocenters. The van der Waals surface area contributed by atoms with Crippen LogP contribution in [0.5, 0.6) is 0 Å². The molecule has 0 fully saturated rings. The number of sulfonamides is 1. The first-order chi connectivity index (χ1) is 9.44.